The Balaban J connectivity index is 1.78. The first-order chi connectivity index (χ1) is 12.2. The largest absolute Gasteiger partial charge is 0.399 e. The van der Waals surface area contributed by atoms with E-state index >= 15 is 0 Å². The summed E-state index contributed by atoms with van der Waals surface area (Å²) in [6.45, 7) is 3.73. The lowest BCUT2D eigenvalue weighted by molar-refractivity contribution is 0.120. The predicted molar refractivity (Wildman–Crippen MR) is 104 cm³/mol. The first-order valence-corrected chi connectivity index (χ1v) is 8.83. The summed E-state index contributed by atoms with van der Waals surface area (Å²) >= 11 is 0. The average molecular weight is 333 g/mol. The van der Waals surface area contributed by atoms with Crippen LogP contribution in [0.4, 0.5) is 11.5 Å². The molecule has 1 unspecified atom stereocenters. The summed E-state index contributed by atoms with van der Waals surface area (Å²) < 4.78 is 5.72. The molecule has 0 saturated carbocycles. The van der Waals surface area contributed by atoms with E-state index in [1.807, 2.05) is 18.2 Å². The number of aromatic nitrogens is 1. The van der Waals surface area contributed by atoms with E-state index in [1.54, 1.807) is 0 Å². The number of nitrogen functional groups attached to an aromatic ring is 1. The number of ether oxygens (including phenoxy) is 1. The number of hydrogen-bond acceptors (Lipinski definition) is 4. The van der Waals surface area contributed by atoms with Crippen molar-refractivity contribution in [1.82, 2.24) is 4.98 Å². The van der Waals surface area contributed by atoms with Gasteiger partial charge in [-0.3, -0.25) is 0 Å². The van der Waals surface area contributed by atoms with Gasteiger partial charge in [-0.15, -0.1) is 0 Å². The standard InChI is InChI=1S/C21H23N3O/c1-14-20(15-6-4-7-16(22)12-15)18-9-2-3-10-19(18)21(24-14)23-13-17-8-5-11-25-17/h2-4,6-7,9-10,12,17H,5,8,11,13,22H2,1H3,(H,23,24). The average Bonchev–Trinajstić information content (AvgIpc) is 3.13. The third kappa shape index (κ3) is 3.17. The molecule has 0 aliphatic carbocycles. The molecule has 2 heterocycles. The molecular weight excluding hydrogens is 310 g/mol. The third-order valence-corrected chi connectivity index (χ3v) is 4.79. The Hall–Kier alpha value is -2.59. The summed E-state index contributed by atoms with van der Waals surface area (Å²) in [5.41, 5.74) is 10.0. The molecule has 4 rings (SSSR count). The maximum absolute atomic E-state index is 5.99. The third-order valence-electron chi connectivity index (χ3n) is 4.79. The number of pyridine rings is 1. The molecule has 1 atom stereocenters. The van der Waals surface area contributed by atoms with Crippen molar-refractivity contribution in [1.29, 1.82) is 0 Å². The molecule has 3 N–H and O–H groups in total. The molecule has 4 heteroatoms. The minimum absolute atomic E-state index is 0.287. The first kappa shape index (κ1) is 15.9. The van der Waals surface area contributed by atoms with Crippen molar-refractivity contribution in [2.75, 3.05) is 24.2 Å². The van der Waals surface area contributed by atoms with E-state index in [-0.39, 0.29) is 6.10 Å². The molecule has 0 bridgehead atoms. The zero-order valence-corrected chi connectivity index (χ0v) is 14.5. The number of hydrogen-bond donors (Lipinski definition) is 2. The summed E-state index contributed by atoms with van der Waals surface area (Å²) in [5.74, 6) is 0.927. The SMILES string of the molecule is Cc1nc(NCC2CCCO2)c2ccccc2c1-c1cccc(N)c1. The molecular formula is C21H23N3O. The molecule has 0 spiro atoms. The molecule has 0 amide bonds. The molecule has 1 aromatic heterocycles. The molecule has 3 aromatic rings. The zero-order chi connectivity index (χ0) is 17.2. The van der Waals surface area contributed by atoms with Gasteiger partial charge in [0.1, 0.15) is 5.82 Å². The highest BCUT2D eigenvalue weighted by Crippen LogP contribution is 2.35. The van der Waals surface area contributed by atoms with Crippen LogP contribution in [-0.4, -0.2) is 24.2 Å². The van der Waals surface area contributed by atoms with Gasteiger partial charge in [0.2, 0.25) is 0 Å². The van der Waals surface area contributed by atoms with E-state index in [2.05, 4.69) is 42.6 Å². The van der Waals surface area contributed by atoms with Crippen LogP contribution in [0.25, 0.3) is 21.9 Å². The second-order valence-electron chi connectivity index (χ2n) is 6.61. The zero-order valence-electron chi connectivity index (χ0n) is 14.5. The predicted octanol–water partition coefficient (Wildman–Crippen LogP) is 4.38. The van der Waals surface area contributed by atoms with Crippen LogP contribution in [0.2, 0.25) is 0 Å². The van der Waals surface area contributed by atoms with Gasteiger partial charge in [0.25, 0.3) is 0 Å². The van der Waals surface area contributed by atoms with Gasteiger partial charge in [-0.05, 0) is 42.8 Å². The Morgan fingerprint density at radius 3 is 2.76 bits per heavy atom. The minimum atomic E-state index is 0.287. The second-order valence-corrected chi connectivity index (χ2v) is 6.61. The van der Waals surface area contributed by atoms with Gasteiger partial charge in [0.05, 0.1) is 6.10 Å². The monoisotopic (exact) mass is 333 g/mol. The van der Waals surface area contributed by atoms with E-state index in [0.29, 0.717) is 0 Å². The number of fused-ring (bicyclic) bond motifs is 1. The van der Waals surface area contributed by atoms with Crippen LogP contribution in [-0.2, 0) is 4.74 Å². The molecule has 1 fully saturated rings. The maximum atomic E-state index is 5.99. The lowest BCUT2D eigenvalue weighted by atomic mass is 9.97. The maximum Gasteiger partial charge on any atom is 0.134 e. The van der Waals surface area contributed by atoms with Crippen LogP contribution in [0.5, 0.6) is 0 Å². The van der Waals surface area contributed by atoms with E-state index in [4.69, 9.17) is 15.5 Å². The van der Waals surface area contributed by atoms with Crippen molar-refractivity contribution >= 4 is 22.3 Å². The molecule has 128 valence electrons. The summed E-state index contributed by atoms with van der Waals surface area (Å²) in [7, 11) is 0. The molecule has 4 nitrogen and oxygen atoms in total. The summed E-state index contributed by atoms with van der Waals surface area (Å²) in [5, 5.41) is 5.82. The van der Waals surface area contributed by atoms with Crippen molar-refractivity contribution in [2.24, 2.45) is 0 Å². The minimum Gasteiger partial charge on any atom is -0.399 e. The smallest absolute Gasteiger partial charge is 0.134 e. The van der Waals surface area contributed by atoms with E-state index < -0.39 is 0 Å². The fourth-order valence-corrected chi connectivity index (χ4v) is 3.60. The normalized spacial score (nSPS) is 17.1. The van der Waals surface area contributed by atoms with Crippen LogP contribution in [0.1, 0.15) is 18.5 Å². The Morgan fingerprint density at radius 2 is 2.00 bits per heavy atom. The van der Waals surface area contributed by atoms with Gasteiger partial charge in [0, 0.05) is 35.5 Å². The summed E-state index contributed by atoms with van der Waals surface area (Å²) in [6.07, 6.45) is 2.55. The number of anilines is 2. The number of benzene rings is 2. The van der Waals surface area contributed by atoms with Crippen molar-refractivity contribution in [2.45, 2.75) is 25.9 Å². The molecule has 2 aromatic carbocycles. The Labute approximate surface area is 148 Å². The molecule has 0 radical (unpaired) electrons. The van der Waals surface area contributed by atoms with Crippen LogP contribution < -0.4 is 11.1 Å². The van der Waals surface area contributed by atoms with Crippen LogP contribution in [0, 0.1) is 6.92 Å². The van der Waals surface area contributed by atoms with Crippen LogP contribution in [0.15, 0.2) is 48.5 Å². The Morgan fingerprint density at radius 1 is 1.16 bits per heavy atom. The highest BCUT2D eigenvalue weighted by atomic mass is 16.5. The van der Waals surface area contributed by atoms with E-state index in [1.165, 1.54) is 5.39 Å². The number of nitrogens with one attached hydrogen (secondary N) is 1. The van der Waals surface area contributed by atoms with Crippen LogP contribution >= 0.6 is 0 Å². The van der Waals surface area contributed by atoms with Gasteiger partial charge in [-0.2, -0.15) is 0 Å². The van der Waals surface area contributed by atoms with Crippen molar-refractivity contribution in [3.63, 3.8) is 0 Å². The lowest BCUT2D eigenvalue weighted by Gasteiger charge is -2.17. The summed E-state index contributed by atoms with van der Waals surface area (Å²) in [6, 6.07) is 16.4. The summed E-state index contributed by atoms with van der Waals surface area (Å²) in [4.78, 5) is 4.86. The Bertz CT molecular complexity index is 901. The molecule has 25 heavy (non-hydrogen) atoms. The van der Waals surface area contributed by atoms with Gasteiger partial charge in [-0.25, -0.2) is 4.98 Å². The fraction of sp³-hybridized carbons (Fsp3) is 0.286. The highest BCUT2D eigenvalue weighted by molar-refractivity contribution is 6.03. The quantitative estimate of drug-likeness (QED) is 0.696. The highest BCUT2D eigenvalue weighted by Gasteiger charge is 2.17. The van der Waals surface area contributed by atoms with Gasteiger partial charge in [-0.1, -0.05) is 36.4 Å². The number of rotatable bonds is 4. The van der Waals surface area contributed by atoms with Crippen LogP contribution in [0.3, 0.4) is 0 Å². The van der Waals surface area contributed by atoms with Gasteiger partial charge >= 0.3 is 0 Å². The second kappa shape index (κ2) is 6.73. The fourth-order valence-electron chi connectivity index (χ4n) is 3.60. The van der Waals surface area contributed by atoms with Gasteiger partial charge < -0.3 is 15.8 Å². The number of nitrogens with zero attached hydrogens (tertiary/aromatic N) is 1. The molecule has 1 aliphatic heterocycles. The molecule has 1 aliphatic rings. The van der Waals surface area contributed by atoms with Gasteiger partial charge in [0.15, 0.2) is 0 Å². The molecule has 1 saturated heterocycles. The van der Waals surface area contributed by atoms with Crippen molar-refractivity contribution in [3.05, 3.63) is 54.2 Å². The number of nitrogens with two attached hydrogens (primary N) is 1. The van der Waals surface area contributed by atoms with Crippen molar-refractivity contribution < 1.29 is 4.74 Å². The lowest BCUT2D eigenvalue weighted by Crippen LogP contribution is -2.19. The number of aryl methyl sites for hydroxylation is 1. The van der Waals surface area contributed by atoms with E-state index in [9.17, 15) is 0 Å². The topological polar surface area (TPSA) is 60.2 Å². The Kier molecular flexibility index (Phi) is 4.28. The first-order valence-electron chi connectivity index (χ1n) is 8.83. The van der Waals surface area contributed by atoms with E-state index in [0.717, 1.165) is 59.7 Å². The van der Waals surface area contributed by atoms with Crippen molar-refractivity contribution in [3.8, 4) is 11.1 Å².